The Kier molecular flexibility index (Phi) is 1.49. The number of nitrogens with one attached hydrogen (secondary N) is 1. The summed E-state index contributed by atoms with van der Waals surface area (Å²) in [7, 11) is 0. The van der Waals surface area contributed by atoms with E-state index in [1.165, 1.54) is 0 Å². The normalized spacial score (nSPS) is 16.1. The average molecular weight is 204 g/mol. The fraction of sp³-hybridized carbons (Fsp3) is 0.400. The third kappa shape index (κ3) is 1.09. The van der Waals surface area contributed by atoms with Crippen molar-refractivity contribution < 1.29 is 0 Å². The monoisotopic (exact) mass is 204 g/mol. The van der Waals surface area contributed by atoms with Crippen LogP contribution in [0.2, 0.25) is 0 Å². The predicted octanol–water partition coefficient (Wildman–Crippen LogP) is 0.791. The van der Waals surface area contributed by atoms with Crippen molar-refractivity contribution in [2.24, 2.45) is 0 Å². The number of hydrogen-bond acceptors (Lipinski definition) is 3. The van der Waals surface area contributed by atoms with Crippen molar-refractivity contribution >= 4 is 11.5 Å². The highest BCUT2D eigenvalue weighted by atomic mass is 16.1. The molecule has 0 aliphatic heterocycles. The van der Waals surface area contributed by atoms with Crippen LogP contribution in [-0.2, 0) is 0 Å². The van der Waals surface area contributed by atoms with E-state index < -0.39 is 0 Å². The van der Waals surface area contributed by atoms with Crippen molar-refractivity contribution in [3.05, 3.63) is 27.7 Å². The number of aromatic nitrogens is 3. The van der Waals surface area contributed by atoms with E-state index in [1.807, 2.05) is 6.92 Å². The molecule has 0 saturated heterocycles. The Hall–Kier alpha value is -1.78. The SMILES string of the molecule is Cc1cnn2c(N)c(C3CC3)c(=O)[nH]c12. The molecule has 2 aromatic rings. The van der Waals surface area contributed by atoms with E-state index in [4.69, 9.17) is 5.73 Å². The first-order valence-corrected chi connectivity index (χ1v) is 5.04. The van der Waals surface area contributed by atoms with Gasteiger partial charge in [-0.15, -0.1) is 0 Å². The molecule has 0 radical (unpaired) electrons. The number of fused-ring (bicyclic) bond motifs is 1. The Balaban J connectivity index is 2.42. The van der Waals surface area contributed by atoms with Gasteiger partial charge in [0.2, 0.25) is 0 Å². The van der Waals surface area contributed by atoms with Crippen molar-refractivity contribution in [2.45, 2.75) is 25.7 Å². The smallest absolute Gasteiger partial charge is 0.256 e. The van der Waals surface area contributed by atoms with E-state index in [0.29, 0.717) is 22.9 Å². The molecule has 2 aromatic heterocycles. The van der Waals surface area contributed by atoms with Crippen LogP contribution < -0.4 is 11.3 Å². The van der Waals surface area contributed by atoms with Crippen molar-refractivity contribution in [3.8, 4) is 0 Å². The van der Waals surface area contributed by atoms with E-state index in [9.17, 15) is 4.79 Å². The molecule has 0 atom stereocenters. The highest BCUT2D eigenvalue weighted by molar-refractivity contribution is 5.55. The molecule has 2 heterocycles. The lowest BCUT2D eigenvalue weighted by Crippen LogP contribution is -2.18. The van der Waals surface area contributed by atoms with Gasteiger partial charge in [0.15, 0.2) is 0 Å². The molecule has 78 valence electrons. The van der Waals surface area contributed by atoms with Crippen LogP contribution in [0.25, 0.3) is 5.65 Å². The second kappa shape index (κ2) is 2.62. The highest BCUT2D eigenvalue weighted by Gasteiger charge is 2.30. The minimum atomic E-state index is -0.0638. The zero-order valence-corrected chi connectivity index (χ0v) is 8.45. The number of nitrogens with two attached hydrogens (primary N) is 1. The van der Waals surface area contributed by atoms with Crippen LogP contribution in [0.1, 0.15) is 29.9 Å². The minimum Gasteiger partial charge on any atom is -0.383 e. The molecule has 1 fully saturated rings. The topological polar surface area (TPSA) is 76.2 Å². The van der Waals surface area contributed by atoms with Crippen molar-refractivity contribution in [2.75, 3.05) is 5.73 Å². The molecule has 1 saturated carbocycles. The molecular formula is C10H12N4O. The fourth-order valence-electron chi connectivity index (χ4n) is 1.94. The predicted molar refractivity (Wildman–Crippen MR) is 56.9 cm³/mol. The highest BCUT2D eigenvalue weighted by Crippen LogP contribution is 2.40. The lowest BCUT2D eigenvalue weighted by molar-refractivity contribution is 0.907. The summed E-state index contributed by atoms with van der Waals surface area (Å²) in [4.78, 5) is 14.6. The first-order chi connectivity index (χ1) is 7.18. The van der Waals surface area contributed by atoms with E-state index >= 15 is 0 Å². The van der Waals surface area contributed by atoms with Gasteiger partial charge in [0.05, 0.1) is 11.8 Å². The van der Waals surface area contributed by atoms with E-state index in [2.05, 4.69) is 10.1 Å². The summed E-state index contributed by atoms with van der Waals surface area (Å²) in [5.41, 5.74) is 8.22. The average Bonchev–Trinajstić information content (AvgIpc) is 2.94. The maximum absolute atomic E-state index is 11.8. The molecule has 1 aliphatic rings. The van der Waals surface area contributed by atoms with Gasteiger partial charge < -0.3 is 10.7 Å². The van der Waals surface area contributed by atoms with Crippen LogP contribution in [0.4, 0.5) is 5.82 Å². The Morgan fingerprint density at radius 3 is 3.00 bits per heavy atom. The quantitative estimate of drug-likeness (QED) is 0.721. The number of nitrogens with zero attached hydrogens (tertiary/aromatic N) is 2. The largest absolute Gasteiger partial charge is 0.383 e. The molecule has 3 rings (SSSR count). The van der Waals surface area contributed by atoms with E-state index in [-0.39, 0.29) is 5.56 Å². The zero-order valence-electron chi connectivity index (χ0n) is 8.45. The maximum Gasteiger partial charge on any atom is 0.256 e. The number of nitrogen functional groups attached to an aromatic ring is 1. The summed E-state index contributed by atoms with van der Waals surface area (Å²) in [6.07, 6.45) is 3.82. The summed E-state index contributed by atoms with van der Waals surface area (Å²) in [5, 5.41) is 4.15. The van der Waals surface area contributed by atoms with E-state index in [0.717, 1.165) is 18.4 Å². The lowest BCUT2D eigenvalue weighted by atomic mass is 10.2. The van der Waals surface area contributed by atoms with Crippen LogP contribution in [0.3, 0.4) is 0 Å². The summed E-state index contributed by atoms with van der Waals surface area (Å²) in [6, 6.07) is 0. The second-order valence-electron chi connectivity index (χ2n) is 4.12. The Bertz CT molecular complexity index is 591. The number of aromatic amines is 1. The second-order valence-corrected chi connectivity index (χ2v) is 4.12. The van der Waals surface area contributed by atoms with Gasteiger partial charge in [-0.25, -0.2) is 4.52 Å². The van der Waals surface area contributed by atoms with Gasteiger partial charge in [-0.05, 0) is 25.7 Å². The molecule has 0 spiro atoms. The Labute approximate surface area is 85.9 Å². The lowest BCUT2D eigenvalue weighted by Gasteiger charge is -2.05. The van der Waals surface area contributed by atoms with E-state index in [1.54, 1.807) is 10.7 Å². The third-order valence-corrected chi connectivity index (χ3v) is 2.92. The van der Waals surface area contributed by atoms with Gasteiger partial charge in [-0.3, -0.25) is 4.79 Å². The summed E-state index contributed by atoms with van der Waals surface area (Å²) in [6.45, 7) is 1.90. The molecule has 0 bridgehead atoms. The first kappa shape index (κ1) is 8.52. The van der Waals surface area contributed by atoms with Crippen LogP contribution in [0, 0.1) is 6.92 Å². The molecule has 15 heavy (non-hydrogen) atoms. The fourth-order valence-corrected chi connectivity index (χ4v) is 1.94. The maximum atomic E-state index is 11.8. The number of H-pyrrole nitrogens is 1. The molecule has 1 aliphatic carbocycles. The summed E-state index contributed by atoms with van der Waals surface area (Å²) in [5.74, 6) is 0.826. The molecule has 3 N–H and O–H groups in total. The van der Waals surface area contributed by atoms with Gasteiger partial charge >= 0.3 is 0 Å². The molecule has 0 amide bonds. The summed E-state index contributed by atoms with van der Waals surface area (Å²) >= 11 is 0. The number of aryl methyl sites for hydroxylation is 1. The third-order valence-electron chi connectivity index (χ3n) is 2.92. The van der Waals surface area contributed by atoms with Crippen LogP contribution in [0.15, 0.2) is 11.0 Å². The van der Waals surface area contributed by atoms with Crippen molar-refractivity contribution in [3.63, 3.8) is 0 Å². The van der Waals surface area contributed by atoms with Crippen molar-refractivity contribution in [1.29, 1.82) is 0 Å². The minimum absolute atomic E-state index is 0.0638. The Morgan fingerprint density at radius 1 is 1.60 bits per heavy atom. The summed E-state index contributed by atoms with van der Waals surface area (Å²) < 4.78 is 1.62. The Morgan fingerprint density at radius 2 is 2.33 bits per heavy atom. The first-order valence-electron chi connectivity index (χ1n) is 5.04. The molecule has 5 nitrogen and oxygen atoms in total. The van der Waals surface area contributed by atoms with Gasteiger partial charge in [-0.1, -0.05) is 0 Å². The van der Waals surface area contributed by atoms with Crippen molar-refractivity contribution in [1.82, 2.24) is 14.6 Å². The zero-order chi connectivity index (χ0) is 10.6. The molecule has 0 aromatic carbocycles. The standard InChI is InChI=1S/C10H12N4O/c1-5-4-12-14-8(11)7(6-2-3-6)10(15)13-9(5)14/h4,6H,2-3,11H2,1H3,(H,13,15). The van der Waals surface area contributed by atoms with Gasteiger partial charge in [0, 0.05) is 5.56 Å². The number of anilines is 1. The molecule has 5 heteroatoms. The number of rotatable bonds is 1. The van der Waals surface area contributed by atoms with Gasteiger partial charge in [0.25, 0.3) is 5.56 Å². The molecular weight excluding hydrogens is 192 g/mol. The van der Waals surface area contributed by atoms with Gasteiger partial charge in [-0.2, -0.15) is 5.10 Å². The number of hydrogen-bond donors (Lipinski definition) is 2. The van der Waals surface area contributed by atoms with Crippen LogP contribution >= 0.6 is 0 Å². The van der Waals surface area contributed by atoms with Gasteiger partial charge in [0.1, 0.15) is 11.5 Å². The molecule has 0 unspecified atom stereocenters. The van der Waals surface area contributed by atoms with Crippen LogP contribution in [0.5, 0.6) is 0 Å². The van der Waals surface area contributed by atoms with Crippen LogP contribution in [-0.4, -0.2) is 14.6 Å².